The number of carbonyl (C=O) groups is 2. The molecule has 0 aliphatic carbocycles. The zero-order valence-electron chi connectivity index (χ0n) is 7.59. The number of rotatable bonds is 5. The Bertz CT molecular complexity index is 168. The minimum absolute atomic E-state index is 0.0405. The summed E-state index contributed by atoms with van der Waals surface area (Å²) in [6.07, 6.45) is 1.18. The van der Waals surface area contributed by atoms with Gasteiger partial charge in [0.15, 0.2) is 0 Å². The third-order valence-electron chi connectivity index (χ3n) is 1.56. The Morgan fingerprint density at radius 3 is 2.50 bits per heavy atom. The van der Waals surface area contributed by atoms with Gasteiger partial charge in [-0.1, -0.05) is 6.92 Å². The summed E-state index contributed by atoms with van der Waals surface area (Å²) in [5.41, 5.74) is 5.00. The highest BCUT2D eigenvalue weighted by atomic mass is 16.1. The second-order valence-electron chi connectivity index (χ2n) is 3.05. The van der Waals surface area contributed by atoms with Crippen LogP contribution in [0.25, 0.3) is 0 Å². The molecule has 0 bridgehead atoms. The van der Waals surface area contributed by atoms with Crippen molar-refractivity contribution in [2.45, 2.75) is 26.7 Å². The molecule has 2 amide bonds. The lowest BCUT2D eigenvalue weighted by Crippen LogP contribution is -2.24. The van der Waals surface area contributed by atoms with Crippen LogP contribution in [0.5, 0.6) is 0 Å². The van der Waals surface area contributed by atoms with Gasteiger partial charge in [-0.25, -0.2) is 0 Å². The van der Waals surface area contributed by atoms with Gasteiger partial charge in [-0.3, -0.25) is 9.59 Å². The Balaban J connectivity index is 3.37. The number of nitrogens with two attached hydrogens (primary N) is 1. The maximum Gasteiger partial charge on any atom is 0.217 e. The third kappa shape index (κ3) is 7.05. The van der Waals surface area contributed by atoms with Crippen LogP contribution >= 0.6 is 0 Å². The van der Waals surface area contributed by atoms with E-state index in [1.165, 1.54) is 6.92 Å². The van der Waals surface area contributed by atoms with E-state index < -0.39 is 0 Å². The predicted octanol–water partition coefficient (Wildman–Crippen LogP) is 0.0241. The van der Waals surface area contributed by atoms with E-state index in [-0.39, 0.29) is 17.7 Å². The monoisotopic (exact) mass is 172 g/mol. The first kappa shape index (κ1) is 10.9. The Hall–Kier alpha value is -1.06. The molecule has 3 N–H and O–H groups in total. The normalized spacial score (nSPS) is 12.2. The molecule has 0 aliphatic heterocycles. The van der Waals surface area contributed by atoms with Crippen LogP contribution in [-0.4, -0.2) is 18.4 Å². The fraction of sp³-hybridized carbons (Fsp3) is 0.750. The van der Waals surface area contributed by atoms with E-state index in [4.69, 9.17) is 5.73 Å². The van der Waals surface area contributed by atoms with Crippen LogP contribution in [-0.2, 0) is 9.59 Å². The fourth-order valence-electron chi connectivity index (χ4n) is 0.940. The van der Waals surface area contributed by atoms with Gasteiger partial charge in [0.1, 0.15) is 0 Å². The molecule has 0 aliphatic rings. The number of nitrogens with one attached hydrogen (secondary N) is 1. The standard InChI is InChI=1S/C8H16N2O2/c1-6(5-8(9)12)3-4-10-7(2)11/h6H,3-5H2,1-2H3,(H2,9,12)(H,10,11)/t6-/m0/s1. The van der Waals surface area contributed by atoms with Gasteiger partial charge in [-0.05, 0) is 12.3 Å². The summed E-state index contributed by atoms with van der Waals surface area (Å²) in [6, 6.07) is 0. The molecular weight excluding hydrogens is 156 g/mol. The molecule has 0 aromatic carbocycles. The van der Waals surface area contributed by atoms with Crippen LogP contribution in [0.2, 0.25) is 0 Å². The van der Waals surface area contributed by atoms with Gasteiger partial charge in [0.05, 0.1) is 0 Å². The summed E-state index contributed by atoms with van der Waals surface area (Å²) in [6.45, 7) is 4.02. The quantitative estimate of drug-likeness (QED) is 0.613. The van der Waals surface area contributed by atoms with E-state index in [0.29, 0.717) is 13.0 Å². The molecule has 4 heteroatoms. The van der Waals surface area contributed by atoms with Gasteiger partial charge in [0.25, 0.3) is 0 Å². The average Bonchev–Trinajstić information content (AvgIpc) is 1.84. The van der Waals surface area contributed by atoms with E-state index in [2.05, 4.69) is 5.32 Å². The van der Waals surface area contributed by atoms with Crippen LogP contribution in [0.4, 0.5) is 0 Å². The SMILES string of the molecule is CC(=O)NCC[C@H](C)CC(N)=O. The lowest BCUT2D eigenvalue weighted by Gasteiger charge is -2.08. The van der Waals surface area contributed by atoms with Gasteiger partial charge in [-0.15, -0.1) is 0 Å². The van der Waals surface area contributed by atoms with Crippen LogP contribution < -0.4 is 11.1 Å². The lowest BCUT2D eigenvalue weighted by molar-refractivity contribution is -0.119. The van der Waals surface area contributed by atoms with E-state index in [0.717, 1.165) is 6.42 Å². The molecule has 0 fully saturated rings. The van der Waals surface area contributed by atoms with Gasteiger partial charge >= 0.3 is 0 Å². The summed E-state index contributed by atoms with van der Waals surface area (Å²) in [7, 11) is 0. The first-order chi connectivity index (χ1) is 5.52. The number of hydrogen-bond acceptors (Lipinski definition) is 2. The van der Waals surface area contributed by atoms with Gasteiger partial charge in [0.2, 0.25) is 11.8 Å². The van der Waals surface area contributed by atoms with Crippen LogP contribution in [0.3, 0.4) is 0 Å². The highest BCUT2D eigenvalue weighted by Gasteiger charge is 2.05. The number of carbonyl (C=O) groups excluding carboxylic acids is 2. The Morgan fingerprint density at radius 1 is 1.50 bits per heavy atom. The number of primary amides is 1. The van der Waals surface area contributed by atoms with Crippen molar-refractivity contribution >= 4 is 11.8 Å². The van der Waals surface area contributed by atoms with E-state index in [1.54, 1.807) is 0 Å². The summed E-state index contributed by atoms with van der Waals surface area (Å²) in [5, 5.41) is 2.66. The molecule has 0 rings (SSSR count). The van der Waals surface area contributed by atoms with Crippen molar-refractivity contribution in [2.75, 3.05) is 6.54 Å². The second kappa shape index (κ2) is 5.57. The zero-order valence-corrected chi connectivity index (χ0v) is 7.59. The topological polar surface area (TPSA) is 72.2 Å². The largest absolute Gasteiger partial charge is 0.370 e. The molecular formula is C8H16N2O2. The molecule has 4 nitrogen and oxygen atoms in total. The molecule has 0 spiro atoms. The molecule has 12 heavy (non-hydrogen) atoms. The third-order valence-corrected chi connectivity index (χ3v) is 1.56. The number of hydrogen-bond donors (Lipinski definition) is 2. The molecule has 0 aromatic heterocycles. The lowest BCUT2D eigenvalue weighted by atomic mass is 10.0. The van der Waals surface area contributed by atoms with Crippen molar-refractivity contribution in [3.05, 3.63) is 0 Å². The Labute approximate surface area is 72.5 Å². The molecule has 0 radical (unpaired) electrons. The maximum atomic E-state index is 10.4. The first-order valence-corrected chi connectivity index (χ1v) is 4.05. The minimum Gasteiger partial charge on any atom is -0.370 e. The summed E-state index contributed by atoms with van der Waals surface area (Å²) in [5.74, 6) is -0.0825. The Morgan fingerprint density at radius 2 is 2.08 bits per heavy atom. The summed E-state index contributed by atoms with van der Waals surface area (Å²) < 4.78 is 0. The molecule has 0 unspecified atom stereocenters. The fourth-order valence-corrected chi connectivity index (χ4v) is 0.940. The van der Waals surface area contributed by atoms with Crippen molar-refractivity contribution in [3.8, 4) is 0 Å². The molecule has 0 heterocycles. The van der Waals surface area contributed by atoms with Gasteiger partial charge in [-0.2, -0.15) is 0 Å². The predicted molar refractivity (Wildman–Crippen MR) is 46.3 cm³/mol. The van der Waals surface area contributed by atoms with Crippen molar-refractivity contribution in [3.63, 3.8) is 0 Å². The summed E-state index contributed by atoms with van der Waals surface area (Å²) >= 11 is 0. The molecule has 0 aromatic rings. The van der Waals surface area contributed by atoms with Crippen molar-refractivity contribution < 1.29 is 9.59 Å². The smallest absolute Gasteiger partial charge is 0.217 e. The molecule has 70 valence electrons. The second-order valence-corrected chi connectivity index (χ2v) is 3.05. The van der Waals surface area contributed by atoms with Crippen LogP contribution in [0.15, 0.2) is 0 Å². The van der Waals surface area contributed by atoms with E-state index >= 15 is 0 Å². The van der Waals surface area contributed by atoms with Gasteiger partial charge in [0, 0.05) is 19.9 Å². The van der Waals surface area contributed by atoms with Crippen molar-refractivity contribution in [2.24, 2.45) is 11.7 Å². The summed E-state index contributed by atoms with van der Waals surface area (Å²) in [4.78, 5) is 20.9. The van der Waals surface area contributed by atoms with Gasteiger partial charge < -0.3 is 11.1 Å². The van der Waals surface area contributed by atoms with Crippen LogP contribution in [0, 0.1) is 5.92 Å². The number of amides is 2. The Kier molecular flexibility index (Phi) is 5.08. The minimum atomic E-state index is -0.287. The molecule has 0 saturated heterocycles. The highest BCUT2D eigenvalue weighted by Crippen LogP contribution is 2.04. The van der Waals surface area contributed by atoms with E-state index in [9.17, 15) is 9.59 Å². The first-order valence-electron chi connectivity index (χ1n) is 4.05. The van der Waals surface area contributed by atoms with Crippen molar-refractivity contribution in [1.29, 1.82) is 0 Å². The molecule has 0 saturated carbocycles. The average molecular weight is 172 g/mol. The van der Waals surface area contributed by atoms with Crippen molar-refractivity contribution in [1.82, 2.24) is 5.32 Å². The van der Waals surface area contributed by atoms with Crippen LogP contribution in [0.1, 0.15) is 26.7 Å². The van der Waals surface area contributed by atoms with E-state index in [1.807, 2.05) is 6.92 Å². The highest BCUT2D eigenvalue weighted by molar-refractivity contribution is 5.74. The zero-order chi connectivity index (χ0) is 9.56. The maximum absolute atomic E-state index is 10.4. The molecule has 1 atom stereocenters.